The van der Waals surface area contributed by atoms with Gasteiger partial charge in [-0.15, -0.1) is 5.26 Å². The molecule has 2 rings (SSSR count). The van der Waals surface area contributed by atoms with Crippen molar-refractivity contribution in [2.75, 3.05) is 0 Å². The van der Waals surface area contributed by atoms with Gasteiger partial charge in [-0.1, -0.05) is 12.1 Å². The van der Waals surface area contributed by atoms with Crippen LogP contribution in [0.4, 0.5) is 0 Å². The summed E-state index contributed by atoms with van der Waals surface area (Å²) in [5.74, 6) is 1.61. The molecule has 2 heteroatoms. The van der Waals surface area contributed by atoms with E-state index in [2.05, 4.69) is 12.1 Å². The average Bonchev–Trinajstić information content (AvgIpc) is 2.95. The summed E-state index contributed by atoms with van der Waals surface area (Å²) in [6, 6.07) is 4.27. The highest BCUT2D eigenvalue weighted by Gasteiger charge is 2.22. The Morgan fingerprint density at radius 1 is 1.33 bits per heavy atom. The van der Waals surface area contributed by atoms with Crippen LogP contribution in [0.3, 0.4) is 0 Å². The Morgan fingerprint density at radius 2 is 1.93 bits per heavy atom. The molecule has 15 heavy (non-hydrogen) atoms. The first kappa shape index (κ1) is 10.0. The largest absolute Gasteiger partial charge is 0.387 e. The molecule has 0 saturated heterocycles. The summed E-state index contributed by atoms with van der Waals surface area (Å²) < 4.78 is 4.95. The van der Waals surface area contributed by atoms with E-state index in [1.54, 1.807) is 6.26 Å². The zero-order chi connectivity index (χ0) is 10.8. The third-order valence-corrected chi connectivity index (χ3v) is 2.89. The minimum Gasteiger partial charge on any atom is -0.387 e. The molecule has 1 saturated carbocycles. The van der Waals surface area contributed by atoms with E-state index < -0.39 is 0 Å². The van der Waals surface area contributed by atoms with Crippen LogP contribution in [0.25, 0.3) is 0 Å². The maximum Gasteiger partial charge on any atom is 0.292 e. The summed E-state index contributed by atoms with van der Waals surface area (Å²) in [5, 5.41) is 8.52. The Bertz CT molecular complexity index is 390. The van der Waals surface area contributed by atoms with E-state index in [0.29, 0.717) is 0 Å². The molecule has 1 fully saturated rings. The molecule has 0 spiro atoms. The second-order valence-corrected chi connectivity index (χ2v) is 4.40. The summed E-state index contributed by atoms with van der Waals surface area (Å²) in [4.78, 5) is 0. The van der Waals surface area contributed by atoms with E-state index in [1.807, 2.05) is 13.8 Å². The summed E-state index contributed by atoms with van der Waals surface area (Å²) in [7, 11) is 0. The summed E-state index contributed by atoms with van der Waals surface area (Å²) in [5.41, 5.74) is 3.50. The predicted molar refractivity (Wildman–Crippen MR) is 58.6 cm³/mol. The maximum absolute atomic E-state index is 8.52. The molecule has 0 N–H and O–H groups in total. The van der Waals surface area contributed by atoms with Crippen molar-refractivity contribution < 1.29 is 4.74 Å². The Balaban J connectivity index is 2.25. The number of benzene rings is 1. The average molecular weight is 201 g/mol. The van der Waals surface area contributed by atoms with Gasteiger partial charge in [0.25, 0.3) is 6.26 Å². The van der Waals surface area contributed by atoms with Crippen molar-refractivity contribution in [1.82, 2.24) is 0 Å². The van der Waals surface area contributed by atoms with Crippen LogP contribution in [-0.4, -0.2) is 0 Å². The summed E-state index contributed by atoms with van der Waals surface area (Å²) in [6.07, 6.45) is 5.65. The molecule has 0 heterocycles. The van der Waals surface area contributed by atoms with E-state index in [1.165, 1.54) is 24.8 Å². The molecule has 1 aromatic carbocycles. The minimum atomic E-state index is 0.719. The second kappa shape index (κ2) is 3.94. The SMILES string of the molecule is Cc1cc(CC2CC2)cc(C)c1OC#N. The van der Waals surface area contributed by atoms with Crippen LogP contribution in [0.5, 0.6) is 5.75 Å². The van der Waals surface area contributed by atoms with Gasteiger partial charge in [-0.2, -0.15) is 0 Å². The molecule has 78 valence electrons. The van der Waals surface area contributed by atoms with E-state index in [4.69, 9.17) is 10.00 Å². The third kappa shape index (κ3) is 2.30. The van der Waals surface area contributed by atoms with Gasteiger partial charge in [-0.3, -0.25) is 0 Å². The molecular weight excluding hydrogens is 186 g/mol. The zero-order valence-electron chi connectivity index (χ0n) is 9.21. The van der Waals surface area contributed by atoms with Gasteiger partial charge in [0.05, 0.1) is 0 Å². The highest BCUT2D eigenvalue weighted by Crippen LogP contribution is 2.34. The smallest absolute Gasteiger partial charge is 0.292 e. The highest BCUT2D eigenvalue weighted by atomic mass is 16.5. The summed E-state index contributed by atoms with van der Waals surface area (Å²) >= 11 is 0. The standard InChI is InChI=1S/C13H15NO/c1-9-5-12(7-11-3-4-11)6-10(2)13(9)15-8-14/h5-6,11H,3-4,7H2,1-2H3. The van der Waals surface area contributed by atoms with E-state index in [9.17, 15) is 0 Å². The van der Waals surface area contributed by atoms with E-state index >= 15 is 0 Å². The minimum absolute atomic E-state index is 0.719. The lowest BCUT2D eigenvalue weighted by atomic mass is 10.0. The molecule has 1 aliphatic carbocycles. The Hall–Kier alpha value is -1.49. The van der Waals surface area contributed by atoms with Gasteiger partial charge >= 0.3 is 0 Å². The normalized spacial score (nSPS) is 14.7. The van der Waals surface area contributed by atoms with Gasteiger partial charge in [0.2, 0.25) is 0 Å². The molecule has 0 amide bonds. The molecule has 2 nitrogen and oxygen atoms in total. The fourth-order valence-corrected chi connectivity index (χ4v) is 2.02. The van der Waals surface area contributed by atoms with Gasteiger partial charge < -0.3 is 4.74 Å². The number of nitrogens with zero attached hydrogens (tertiary/aromatic N) is 1. The molecule has 0 radical (unpaired) electrons. The molecule has 0 unspecified atom stereocenters. The van der Waals surface area contributed by atoms with Crippen LogP contribution in [0, 0.1) is 31.3 Å². The maximum atomic E-state index is 8.52. The lowest BCUT2D eigenvalue weighted by Crippen LogP contribution is -1.95. The van der Waals surface area contributed by atoms with Gasteiger partial charge in [0.1, 0.15) is 5.75 Å². The van der Waals surface area contributed by atoms with Crippen molar-refractivity contribution in [3.63, 3.8) is 0 Å². The number of ether oxygens (including phenoxy) is 1. The van der Waals surface area contributed by atoms with Crippen LogP contribution < -0.4 is 4.74 Å². The van der Waals surface area contributed by atoms with Crippen LogP contribution >= 0.6 is 0 Å². The van der Waals surface area contributed by atoms with Gasteiger partial charge in [0, 0.05) is 0 Å². The quantitative estimate of drug-likeness (QED) is 0.704. The number of hydrogen-bond donors (Lipinski definition) is 0. The van der Waals surface area contributed by atoms with Crippen molar-refractivity contribution >= 4 is 0 Å². The first-order valence-electron chi connectivity index (χ1n) is 5.36. The van der Waals surface area contributed by atoms with Crippen molar-refractivity contribution in [3.8, 4) is 12.0 Å². The van der Waals surface area contributed by atoms with Crippen molar-refractivity contribution in [3.05, 3.63) is 28.8 Å². The molecule has 1 aromatic rings. The van der Waals surface area contributed by atoms with Crippen LogP contribution in [0.15, 0.2) is 12.1 Å². The molecule has 0 atom stereocenters. The number of hydrogen-bond acceptors (Lipinski definition) is 2. The predicted octanol–water partition coefficient (Wildman–Crippen LogP) is 3.12. The Labute approximate surface area is 90.5 Å². The Morgan fingerprint density at radius 3 is 2.40 bits per heavy atom. The van der Waals surface area contributed by atoms with Crippen molar-refractivity contribution in [2.45, 2.75) is 33.1 Å². The number of nitriles is 1. The van der Waals surface area contributed by atoms with Crippen LogP contribution in [0.2, 0.25) is 0 Å². The fourth-order valence-electron chi connectivity index (χ4n) is 2.02. The zero-order valence-corrected chi connectivity index (χ0v) is 9.21. The molecule has 0 aromatic heterocycles. The summed E-state index contributed by atoms with van der Waals surface area (Å²) in [6.45, 7) is 3.99. The monoisotopic (exact) mass is 201 g/mol. The van der Waals surface area contributed by atoms with Crippen LogP contribution in [-0.2, 0) is 6.42 Å². The van der Waals surface area contributed by atoms with Crippen LogP contribution in [0.1, 0.15) is 29.5 Å². The number of rotatable bonds is 3. The number of aryl methyl sites for hydroxylation is 2. The van der Waals surface area contributed by atoms with E-state index in [-0.39, 0.29) is 0 Å². The molecule has 1 aliphatic rings. The van der Waals surface area contributed by atoms with Crippen molar-refractivity contribution in [2.24, 2.45) is 5.92 Å². The second-order valence-electron chi connectivity index (χ2n) is 4.40. The molecule has 0 aliphatic heterocycles. The van der Waals surface area contributed by atoms with E-state index in [0.717, 1.165) is 22.8 Å². The van der Waals surface area contributed by atoms with Crippen molar-refractivity contribution in [1.29, 1.82) is 5.26 Å². The molecule has 0 bridgehead atoms. The lowest BCUT2D eigenvalue weighted by Gasteiger charge is -2.09. The lowest BCUT2D eigenvalue weighted by molar-refractivity contribution is 0.498. The highest BCUT2D eigenvalue weighted by molar-refractivity contribution is 5.44. The third-order valence-electron chi connectivity index (χ3n) is 2.89. The van der Waals surface area contributed by atoms with Gasteiger partial charge in [-0.25, -0.2) is 0 Å². The first-order valence-corrected chi connectivity index (χ1v) is 5.36. The topological polar surface area (TPSA) is 33.0 Å². The first-order chi connectivity index (χ1) is 7.20. The fraction of sp³-hybridized carbons (Fsp3) is 0.462. The van der Waals surface area contributed by atoms with Gasteiger partial charge in [0.15, 0.2) is 0 Å². The Kier molecular flexibility index (Phi) is 2.64. The molecular formula is C13H15NO. The van der Waals surface area contributed by atoms with Gasteiger partial charge in [-0.05, 0) is 55.7 Å².